The van der Waals surface area contributed by atoms with Crippen LogP contribution in [0.25, 0.3) is 5.70 Å². The van der Waals surface area contributed by atoms with E-state index >= 15 is 0 Å². The third-order valence-corrected chi connectivity index (χ3v) is 6.57. The van der Waals surface area contributed by atoms with Crippen molar-refractivity contribution in [2.45, 2.75) is 18.0 Å². The molecular weight excluding hydrogens is 399 g/mol. The van der Waals surface area contributed by atoms with E-state index in [2.05, 4.69) is 70.9 Å². The summed E-state index contributed by atoms with van der Waals surface area (Å²) in [6, 6.07) is 27.2. The number of allylic oxidation sites excluding steroid dienone is 1. The molecule has 146 valence electrons. The summed E-state index contributed by atoms with van der Waals surface area (Å²) in [4.78, 5) is 2.51. The molecule has 2 aliphatic heterocycles. The molecule has 4 heteroatoms. The van der Waals surface area contributed by atoms with Crippen molar-refractivity contribution in [3.63, 3.8) is 0 Å². The highest BCUT2D eigenvalue weighted by Crippen LogP contribution is 2.48. The predicted molar refractivity (Wildman–Crippen MR) is 121 cm³/mol. The molecule has 2 aliphatic rings. The number of nitrogens with zero attached hydrogens (tertiary/aromatic N) is 1. The molecule has 0 aliphatic carbocycles. The first-order chi connectivity index (χ1) is 14.2. The quantitative estimate of drug-likeness (QED) is 0.536. The molecule has 2 atom stereocenters. The Morgan fingerprint density at radius 1 is 0.828 bits per heavy atom. The van der Waals surface area contributed by atoms with E-state index < -0.39 is 0 Å². The first-order valence-electron chi connectivity index (χ1n) is 9.97. The van der Waals surface area contributed by atoms with Gasteiger partial charge in [0.05, 0.1) is 0 Å². The van der Waals surface area contributed by atoms with E-state index in [0.29, 0.717) is 5.92 Å². The van der Waals surface area contributed by atoms with Gasteiger partial charge in [-0.05, 0) is 47.4 Å². The Bertz CT molecular complexity index is 1030. The van der Waals surface area contributed by atoms with Crippen molar-refractivity contribution in [1.82, 2.24) is 10.2 Å². The maximum absolute atomic E-state index is 6.20. The number of nitrogens with one attached hydrogen (secondary N) is 1. The molecule has 0 spiro atoms. The molecular formula is C25H22Cl2N2. The number of benzene rings is 3. The summed E-state index contributed by atoms with van der Waals surface area (Å²) in [6.45, 7) is 1.90. The highest BCUT2D eigenvalue weighted by atomic mass is 35.5. The highest BCUT2D eigenvalue weighted by molar-refractivity contribution is 6.30. The summed E-state index contributed by atoms with van der Waals surface area (Å²) in [7, 11) is 0. The second kappa shape index (κ2) is 7.53. The van der Waals surface area contributed by atoms with E-state index in [1.807, 2.05) is 24.3 Å². The monoisotopic (exact) mass is 420 g/mol. The van der Waals surface area contributed by atoms with E-state index in [4.69, 9.17) is 23.2 Å². The van der Waals surface area contributed by atoms with Crippen molar-refractivity contribution >= 4 is 28.9 Å². The normalized spacial score (nSPS) is 23.6. The van der Waals surface area contributed by atoms with Crippen molar-refractivity contribution in [3.8, 4) is 0 Å². The Kier molecular flexibility index (Phi) is 4.87. The molecule has 29 heavy (non-hydrogen) atoms. The van der Waals surface area contributed by atoms with E-state index in [9.17, 15) is 0 Å². The Balaban J connectivity index is 1.67. The maximum Gasteiger partial charge on any atom is 0.118 e. The molecule has 2 heterocycles. The summed E-state index contributed by atoms with van der Waals surface area (Å²) in [5.41, 5.74) is 4.77. The van der Waals surface area contributed by atoms with Gasteiger partial charge in [-0.3, -0.25) is 5.32 Å². The van der Waals surface area contributed by atoms with Gasteiger partial charge in [0, 0.05) is 34.7 Å². The average Bonchev–Trinajstić information content (AvgIpc) is 3.20. The second-order valence-corrected chi connectivity index (χ2v) is 8.60. The van der Waals surface area contributed by atoms with Gasteiger partial charge >= 0.3 is 0 Å². The first-order valence-corrected chi connectivity index (χ1v) is 10.7. The fraction of sp³-hybridized carbons (Fsp3) is 0.200. The van der Waals surface area contributed by atoms with Crippen molar-refractivity contribution in [2.75, 3.05) is 13.1 Å². The Hall–Kier alpha value is -2.26. The number of halogens is 2. The van der Waals surface area contributed by atoms with Crippen LogP contribution in [0.15, 0.2) is 84.9 Å². The van der Waals surface area contributed by atoms with Gasteiger partial charge in [-0.25, -0.2) is 0 Å². The zero-order chi connectivity index (χ0) is 19.8. The summed E-state index contributed by atoms with van der Waals surface area (Å²) < 4.78 is 0. The van der Waals surface area contributed by atoms with E-state index in [1.165, 1.54) is 22.4 Å². The lowest BCUT2D eigenvalue weighted by atomic mass is 9.79. The molecule has 0 saturated carbocycles. The van der Waals surface area contributed by atoms with Gasteiger partial charge < -0.3 is 4.90 Å². The molecule has 2 nitrogen and oxygen atoms in total. The third kappa shape index (κ3) is 3.36. The standard InChI is InChI=1S/C25H22Cl2N2/c26-22-10-6-19(7-11-22)24-16-20(18-4-2-1-3-5-18)17-25(28-14-15-29(24)25)21-8-12-23(27)13-9-21/h1-13,16,20,28H,14-15,17H2/t20-,25-/m0/s1. The van der Waals surface area contributed by atoms with Crippen LogP contribution >= 0.6 is 23.2 Å². The fourth-order valence-electron chi connectivity index (χ4n) is 4.72. The number of rotatable bonds is 3. The van der Waals surface area contributed by atoms with Crippen LogP contribution in [0.5, 0.6) is 0 Å². The van der Waals surface area contributed by atoms with Gasteiger partial charge in [-0.15, -0.1) is 0 Å². The minimum absolute atomic E-state index is 0.255. The van der Waals surface area contributed by atoms with Gasteiger partial charge in [0.25, 0.3) is 0 Å². The topological polar surface area (TPSA) is 15.3 Å². The van der Waals surface area contributed by atoms with Crippen LogP contribution in [0, 0.1) is 0 Å². The van der Waals surface area contributed by atoms with Gasteiger partial charge in [-0.2, -0.15) is 0 Å². The van der Waals surface area contributed by atoms with Gasteiger partial charge in [0.1, 0.15) is 5.66 Å². The molecule has 0 amide bonds. The Morgan fingerprint density at radius 3 is 2.17 bits per heavy atom. The molecule has 1 N–H and O–H groups in total. The minimum atomic E-state index is -0.255. The summed E-state index contributed by atoms with van der Waals surface area (Å²) in [5, 5.41) is 5.35. The Morgan fingerprint density at radius 2 is 1.48 bits per heavy atom. The third-order valence-electron chi connectivity index (χ3n) is 6.07. The number of hydrogen-bond donors (Lipinski definition) is 1. The van der Waals surface area contributed by atoms with Crippen molar-refractivity contribution in [3.05, 3.63) is 112 Å². The summed E-state index contributed by atoms with van der Waals surface area (Å²) >= 11 is 12.4. The zero-order valence-electron chi connectivity index (χ0n) is 16.0. The van der Waals surface area contributed by atoms with Gasteiger partial charge in [0.2, 0.25) is 0 Å². The van der Waals surface area contributed by atoms with Crippen molar-refractivity contribution < 1.29 is 0 Å². The summed E-state index contributed by atoms with van der Waals surface area (Å²) in [6.07, 6.45) is 3.38. The predicted octanol–water partition coefficient (Wildman–Crippen LogP) is 6.28. The van der Waals surface area contributed by atoms with Crippen LogP contribution in [0.3, 0.4) is 0 Å². The molecule has 3 aromatic carbocycles. The molecule has 0 radical (unpaired) electrons. The second-order valence-electron chi connectivity index (χ2n) is 7.73. The van der Waals surface area contributed by atoms with Gasteiger partial charge in [0.15, 0.2) is 0 Å². The lowest BCUT2D eigenvalue weighted by Crippen LogP contribution is -2.50. The van der Waals surface area contributed by atoms with Crippen LogP contribution < -0.4 is 5.32 Å². The van der Waals surface area contributed by atoms with Gasteiger partial charge in [-0.1, -0.05) is 83.9 Å². The molecule has 0 bridgehead atoms. The fourth-order valence-corrected chi connectivity index (χ4v) is 4.97. The minimum Gasteiger partial charge on any atom is -0.348 e. The number of hydrogen-bond acceptors (Lipinski definition) is 2. The molecule has 0 unspecified atom stereocenters. The molecule has 3 aromatic rings. The molecule has 5 rings (SSSR count). The molecule has 0 aromatic heterocycles. The van der Waals surface area contributed by atoms with Crippen LogP contribution in [-0.4, -0.2) is 18.0 Å². The van der Waals surface area contributed by atoms with Crippen LogP contribution in [0.4, 0.5) is 0 Å². The lowest BCUT2D eigenvalue weighted by molar-refractivity contribution is 0.156. The smallest absolute Gasteiger partial charge is 0.118 e. The van der Waals surface area contributed by atoms with E-state index in [1.54, 1.807) is 0 Å². The lowest BCUT2D eigenvalue weighted by Gasteiger charge is -2.47. The SMILES string of the molecule is Clc1ccc(C2=C[C@H](c3ccccc3)C[C@]3(c4ccc(Cl)cc4)NCCN23)cc1. The first kappa shape index (κ1) is 18.7. The maximum atomic E-state index is 6.20. The van der Waals surface area contributed by atoms with Crippen LogP contribution in [-0.2, 0) is 5.66 Å². The van der Waals surface area contributed by atoms with Crippen LogP contribution in [0.1, 0.15) is 29.0 Å². The molecule has 1 fully saturated rings. The zero-order valence-corrected chi connectivity index (χ0v) is 17.5. The Labute approximate surface area is 181 Å². The largest absolute Gasteiger partial charge is 0.348 e. The van der Waals surface area contributed by atoms with E-state index in [-0.39, 0.29) is 5.66 Å². The average molecular weight is 421 g/mol. The highest BCUT2D eigenvalue weighted by Gasteiger charge is 2.47. The van der Waals surface area contributed by atoms with Crippen molar-refractivity contribution in [1.29, 1.82) is 0 Å². The number of fused-ring (bicyclic) bond motifs is 1. The van der Waals surface area contributed by atoms with E-state index in [0.717, 1.165) is 29.6 Å². The van der Waals surface area contributed by atoms with Crippen LogP contribution in [0.2, 0.25) is 10.0 Å². The van der Waals surface area contributed by atoms with Crippen molar-refractivity contribution in [2.24, 2.45) is 0 Å². The molecule has 1 saturated heterocycles. The summed E-state index contributed by atoms with van der Waals surface area (Å²) in [5.74, 6) is 0.305.